The van der Waals surface area contributed by atoms with Crippen LogP contribution in [0.1, 0.15) is 5.56 Å². The molecule has 0 aliphatic rings. The number of benzene rings is 1. The lowest BCUT2D eigenvalue weighted by molar-refractivity contribution is -0.123. The van der Waals surface area contributed by atoms with Crippen molar-refractivity contribution in [2.45, 2.75) is 0 Å². The molecule has 0 radical (unpaired) electrons. The number of hydrogen-bond acceptors (Lipinski definition) is 5. The number of ether oxygens (including phenoxy) is 1. The first-order chi connectivity index (χ1) is 7.67. The van der Waals surface area contributed by atoms with E-state index in [9.17, 15) is 9.90 Å². The second-order valence-electron chi connectivity index (χ2n) is 2.88. The molecule has 0 fully saturated rings. The number of nitrogens with zero attached hydrogens (tertiary/aromatic N) is 1. The van der Waals surface area contributed by atoms with Gasteiger partial charge in [-0.1, -0.05) is 0 Å². The fourth-order valence-electron chi connectivity index (χ4n) is 1.00. The van der Waals surface area contributed by atoms with Gasteiger partial charge in [0.1, 0.15) is 6.61 Å². The van der Waals surface area contributed by atoms with Gasteiger partial charge in [-0.2, -0.15) is 5.10 Å². The molecule has 0 aliphatic heterocycles. The molecule has 1 aromatic rings. The quantitative estimate of drug-likeness (QED) is 0.489. The fourth-order valence-corrected chi connectivity index (χ4v) is 1.00. The van der Waals surface area contributed by atoms with Gasteiger partial charge in [0, 0.05) is 0 Å². The normalized spacial score (nSPS) is 10.4. The number of hydrazone groups is 1. The number of nitrogens with one attached hydrogen (secondary N) is 1. The van der Waals surface area contributed by atoms with Crippen LogP contribution < -0.4 is 10.2 Å². The number of aliphatic hydroxyl groups excluding tert-OH is 1. The molecule has 0 heterocycles. The zero-order valence-electron chi connectivity index (χ0n) is 8.67. The van der Waals surface area contributed by atoms with Crippen LogP contribution in [0.4, 0.5) is 0 Å². The third-order valence-electron chi connectivity index (χ3n) is 1.75. The fraction of sp³-hybridized carbons (Fsp3) is 0.200. The van der Waals surface area contributed by atoms with Gasteiger partial charge in [0.25, 0.3) is 5.91 Å². The molecule has 0 aromatic heterocycles. The molecule has 0 bridgehead atoms. The van der Waals surface area contributed by atoms with Crippen LogP contribution in [0, 0.1) is 0 Å². The van der Waals surface area contributed by atoms with E-state index in [2.05, 4.69) is 10.5 Å². The summed E-state index contributed by atoms with van der Waals surface area (Å²) in [6.45, 7) is -0.620. The van der Waals surface area contributed by atoms with Crippen molar-refractivity contribution in [3.05, 3.63) is 23.8 Å². The molecule has 86 valence electrons. The van der Waals surface area contributed by atoms with Gasteiger partial charge < -0.3 is 14.9 Å². The van der Waals surface area contributed by atoms with Crippen LogP contribution in [-0.4, -0.2) is 36.1 Å². The van der Waals surface area contributed by atoms with Crippen molar-refractivity contribution >= 4 is 12.1 Å². The van der Waals surface area contributed by atoms with Crippen LogP contribution in [0.5, 0.6) is 11.5 Å². The van der Waals surface area contributed by atoms with Gasteiger partial charge in [-0.3, -0.25) is 4.79 Å². The molecule has 0 aliphatic carbocycles. The summed E-state index contributed by atoms with van der Waals surface area (Å²) in [7, 11) is 1.45. The molecule has 0 spiro atoms. The maximum Gasteiger partial charge on any atom is 0.265 e. The average Bonchev–Trinajstić information content (AvgIpc) is 2.29. The van der Waals surface area contributed by atoms with Gasteiger partial charge in [-0.05, 0) is 23.8 Å². The van der Waals surface area contributed by atoms with E-state index in [1.807, 2.05) is 0 Å². The Labute approximate surface area is 92.2 Å². The van der Waals surface area contributed by atoms with Gasteiger partial charge in [0.2, 0.25) is 0 Å². The smallest absolute Gasteiger partial charge is 0.265 e. The highest BCUT2D eigenvalue weighted by Crippen LogP contribution is 2.25. The molecule has 1 aromatic carbocycles. The van der Waals surface area contributed by atoms with Gasteiger partial charge in [0.05, 0.1) is 13.3 Å². The van der Waals surface area contributed by atoms with Gasteiger partial charge in [-0.25, -0.2) is 5.43 Å². The molecule has 0 saturated heterocycles. The predicted molar refractivity (Wildman–Crippen MR) is 57.5 cm³/mol. The average molecular weight is 224 g/mol. The van der Waals surface area contributed by atoms with Crippen LogP contribution in [0.3, 0.4) is 0 Å². The Morgan fingerprint density at radius 2 is 2.38 bits per heavy atom. The zero-order chi connectivity index (χ0) is 12.0. The number of phenols is 1. The molecule has 3 N–H and O–H groups in total. The van der Waals surface area contributed by atoms with Crippen molar-refractivity contribution in [2.24, 2.45) is 5.10 Å². The van der Waals surface area contributed by atoms with Crippen molar-refractivity contribution in [3.8, 4) is 11.5 Å². The van der Waals surface area contributed by atoms with E-state index in [1.165, 1.54) is 19.4 Å². The number of aromatic hydroxyl groups is 1. The second kappa shape index (κ2) is 5.72. The van der Waals surface area contributed by atoms with E-state index in [0.29, 0.717) is 11.3 Å². The van der Waals surface area contributed by atoms with E-state index < -0.39 is 12.5 Å². The van der Waals surface area contributed by atoms with E-state index in [-0.39, 0.29) is 5.75 Å². The Hall–Kier alpha value is -2.08. The Morgan fingerprint density at radius 3 is 2.94 bits per heavy atom. The summed E-state index contributed by atoms with van der Waals surface area (Å²) in [5, 5.41) is 21.4. The standard InChI is InChI=1S/C10H12N2O4/c1-16-9-3-2-7(4-8(9)14)5-11-12-10(15)6-13/h2-5,13-14H,6H2,1H3,(H,12,15)/b11-5+. The number of phenolic OH excluding ortho intramolecular Hbond substituents is 1. The Balaban J connectivity index is 2.68. The van der Waals surface area contributed by atoms with Crippen molar-refractivity contribution in [1.82, 2.24) is 5.43 Å². The van der Waals surface area contributed by atoms with Gasteiger partial charge in [0.15, 0.2) is 11.5 Å². The molecule has 0 atom stereocenters. The first-order valence-corrected chi connectivity index (χ1v) is 4.47. The first kappa shape index (κ1) is 12.0. The summed E-state index contributed by atoms with van der Waals surface area (Å²) in [4.78, 5) is 10.6. The summed E-state index contributed by atoms with van der Waals surface area (Å²) < 4.78 is 4.86. The number of aliphatic hydroxyl groups is 1. The number of rotatable bonds is 4. The number of carbonyl (C=O) groups is 1. The van der Waals surface area contributed by atoms with Gasteiger partial charge >= 0.3 is 0 Å². The lowest BCUT2D eigenvalue weighted by atomic mass is 10.2. The van der Waals surface area contributed by atoms with E-state index in [4.69, 9.17) is 9.84 Å². The highest BCUT2D eigenvalue weighted by Gasteiger charge is 2.00. The summed E-state index contributed by atoms with van der Waals surface area (Å²) in [6, 6.07) is 4.67. The molecular formula is C10H12N2O4. The van der Waals surface area contributed by atoms with Crippen molar-refractivity contribution in [1.29, 1.82) is 0 Å². The highest BCUT2D eigenvalue weighted by molar-refractivity contribution is 5.83. The van der Waals surface area contributed by atoms with Crippen LogP contribution in [0.25, 0.3) is 0 Å². The molecule has 1 rings (SSSR count). The number of amides is 1. The third kappa shape index (κ3) is 3.25. The molecule has 6 heteroatoms. The molecule has 0 unspecified atom stereocenters. The summed E-state index contributed by atoms with van der Waals surface area (Å²) >= 11 is 0. The van der Waals surface area contributed by atoms with Crippen LogP contribution in [-0.2, 0) is 4.79 Å². The Kier molecular flexibility index (Phi) is 4.28. The molecule has 1 amide bonds. The monoisotopic (exact) mass is 224 g/mol. The largest absolute Gasteiger partial charge is 0.504 e. The number of methoxy groups -OCH3 is 1. The number of hydrogen-bond donors (Lipinski definition) is 3. The van der Waals surface area contributed by atoms with Crippen molar-refractivity contribution < 1.29 is 19.7 Å². The maximum atomic E-state index is 10.6. The summed E-state index contributed by atoms with van der Waals surface area (Å²) in [5.41, 5.74) is 2.69. The molecule has 0 saturated carbocycles. The minimum Gasteiger partial charge on any atom is -0.504 e. The van der Waals surface area contributed by atoms with Crippen molar-refractivity contribution in [2.75, 3.05) is 13.7 Å². The van der Waals surface area contributed by atoms with Crippen molar-refractivity contribution in [3.63, 3.8) is 0 Å². The predicted octanol–water partition coefficient (Wildman–Crippen LogP) is -0.157. The Bertz CT molecular complexity index is 404. The summed E-state index contributed by atoms with van der Waals surface area (Å²) in [6.07, 6.45) is 1.34. The molecule has 16 heavy (non-hydrogen) atoms. The van der Waals surface area contributed by atoms with E-state index in [1.54, 1.807) is 12.1 Å². The molecular weight excluding hydrogens is 212 g/mol. The van der Waals surface area contributed by atoms with Crippen LogP contribution >= 0.6 is 0 Å². The SMILES string of the molecule is COc1ccc(/C=N/NC(=O)CO)cc1O. The third-order valence-corrected chi connectivity index (χ3v) is 1.75. The Morgan fingerprint density at radius 1 is 1.62 bits per heavy atom. The molecule has 6 nitrogen and oxygen atoms in total. The minimum absolute atomic E-state index is 0.0139. The lowest BCUT2D eigenvalue weighted by Gasteiger charge is -2.02. The van der Waals surface area contributed by atoms with Gasteiger partial charge in [-0.15, -0.1) is 0 Å². The maximum absolute atomic E-state index is 10.6. The topological polar surface area (TPSA) is 91.2 Å². The lowest BCUT2D eigenvalue weighted by Crippen LogP contribution is -2.20. The second-order valence-corrected chi connectivity index (χ2v) is 2.88. The first-order valence-electron chi connectivity index (χ1n) is 4.47. The number of carbonyl (C=O) groups excluding carboxylic acids is 1. The highest BCUT2D eigenvalue weighted by atomic mass is 16.5. The zero-order valence-corrected chi connectivity index (χ0v) is 8.67. The summed E-state index contributed by atoms with van der Waals surface area (Å²) in [5.74, 6) is -0.259. The van der Waals surface area contributed by atoms with Crippen LogP contribution in [0.15, 0.2) is 23.3 Å². The minimum atomic E-state index is -0.620. The van der Waals surface area contributed by atoms with E-state index >= 15 is 0 Å². The van der Waals surface area contributed by atoms with E-state index in [0.717, 1.165) is 0 Å². The van der Waals surface area contributed by atoms with Crippen LogP contribution in [0.2, 0.25) is 0 Å².